The van der Waals surface area contributed by atoms with Crippen LogP contribution >= 0.6 is 0 Å². The van der Waals surface area contributed by atoms with Crippen molar-refractivity contribution in [2.75, 3.05) is 31.1 Å². The minimum atomic E-state index is -3.94. The lowest BCUT2D eigenvalue weighted by atomic mass is 10.2. The molecule has 2 aromatic carbocycles. The van der Waals surface area contributed by atoms with Crippen molar-refractivity contribution in [2.45, 2.75) is 17.9 Å². The Morgan fingerprint density at radius 1 is 1.00 bits per heavy atom. The lowest BCUT2D eigenvalue weighted by molar-refractivity contribution is -0.132. The van der Waals surface area contributed by atoms with Gasteiger partial charge in [0.05, 0.1) is 16.6 Å². The van der Waals surface area contributed by atoms with E-state index in [1.807, 2.05) is 4.90 Å². The molecular weight excluding hydrogens is 388 g/mol. The van der Waals surface area contributed by atoms with E-state index in [9.17, 15) is 22.0 Å². The Morgan fingerprint density at radius 3 is 2.21 bits per heavy atom. The molecule has 1 N–H and O–H groups in total. The second-order valence-electron chi connectivity index (χ2n) is 6.56. The van der Waals surface area contributed by atoms with Crippen molar-refractivity contribution in [3.8, 4) is 0 Å². The predicted molar refractivity (Wildman–Crippen MR) is 101 cm³/mol. The molecule has 1 aliphatic heterocycles. The summed E-state index contributed by atoms with van der Waals surface area (Å²) in [5.41, 5.74) is 0.486. The number of amides is 1. The molecule has 1 atom stereocenters. The predicted octanol–water partition coefficient (Wildman–Crippen LogP) is 1.98. The first-order chi connectivity index (χ1) is 13.3. The van der Waals surface area contributed by atoms with Crippen LogP contribution in [0.4, 0.5) is 14.5 Å². The van der Waals surface area contributed by atoms with E-state index < -0.39 is 21.9 Å². The van der Waals surface area contributed by atoms with E-state index in [0.717, 1.165) is 24.3 Å². The van der Waals surface area contributed by atoms with Crippen LogP contribution in [0.1, 0.15) is 6.92 Å². The zero-order chi connectivity index (χ0) is 20.3. The lowest BCUT2D eigenvalue weighted by Gasteiger charge is -2.37. The molecule has 1 aliphatic rings. The number of hydrogen-bond acceptors (Lipinski definition) is 4. The first-order valence-corrected chi connectivity index (χ1v) is 10.3. The van der Waals surface area contributed by atoms with Crippen LogP contribution in [-0.4, -0.2) is 51.4 Å². The summed E-state index contributed by atoms with van der Waals surface area (Å²) < 4.78 is 53.9. The number of hydrogen-bond donors (Lipinski definition) is 1. The Labute approximate surface area is 162 Å². The van der Waals surface area contributed by atoms with Crippen LogP contribution in [0.25, 0.3) is 0 Å². The third kappa shape index (κ3) is 4.48. The third-order valence-corrected chi connectivity index (χ3v) is 6.17. The van der Waals surface area contributed by atoms with Gasteiger partial charge < -0.3 is 9.80 Å². The molecule has 0 spiro atoms. The zero-order valence-electron chi connectivity index (χ0n) is 15.3. The summed E-state index contributed by atoms with van der Waals surface area (Å²) in [6.45, 7) is 3.08. The van der Waals surface area contributed by atoms with Crippen molar-refractivity contribution in [1.82, 2.24) is 9.62 Å². The molecule has 1 amide bonds. The number of benzene rings is 2. The Kier molecular flexibility index (Phi) is 5.95. The molecule has 0 bridgehead atoms. The van der Waals surface area contributed by atoms with E-state index in [-0.39, 0.29) is 16.6 Å². The molecule has 0 aromatic heterocycles. The highest BCUT2D eigenvalue weighted by Crippen LogP contribution is 2.20. The molecular formula is C19H21F2N3O3S. The van der Waals surface area contributed by atoms with Gasteiger partial charge in [-0.15, -0.1) is 0 Å². The maximum absolute atomic E-state index is 13.9. The van der Waals surface area contributed by atoms with Gasteiger partial charge in [0.15, 0.2) is 0 Å². The minimum Gasteiger partial charge on any atom is -0.366 e. The van der Waals surface area contributed by atoms with Gasteiger partial charge in [-0.05, 0) is 43.3 Å². The van der Waals surface area contributed by atoms with E-state index in [4.69, 9.17) is 0 Å². The van der Waals surface area contributed by atoms with E-state index in [1.165, 1.54) is 13.0 Å². The highest BCUT2D eigenvalue weighted by atomic mass is 32.2. The van der Waals surface area contributed by atoms with E-state index in [1.54, 1.807) is 23.1 Å². The van der Waals surface area contributed by atoms with Gasteiger partial charge in [-0.2, -0.15) is 4.72 Å². The summed E-state index contributed by atoms with van der Waals surface area (Å²) in [5, 5.41) is 0. The van der Waals surface area contributed by atoms with Crippen molar-refractivity contribution in [1.29, 1.82) is 0 Å². The maximum atomic E-state index is 13.9. The number of sulfonamides is 1. The molecule has 3 rings (SSSR count). The second-order valence-corrected chi connectivity index (χ2v) is 8.27. The van der Waals surface area contributed by atoms with Gasteiger partial charge in [-0.3, -0.25) is 4.79 Å². The van der Waals surface area contributed by atoms with Gasteiger partial charge in [-0.1, -0.05) is 12.1 Å². The maximum Gasteiger partial charge on any atom is 0.241 e. The number of rotatable bonds is 5. The Morgan fingerprint density at radius 2 is 1.61 bits per heavy atom. The van der Waals surface area contributed by atoms with Crippen LogP contribution in [-0.2, 0) is 14.8 Å². The molecule has 0 aliphatic carbocycles. The van der Waals surface area contributed by atoms with Crippen LogP contribution in [0.3, 0.4) is 0 Å². The number of halogens is 2. The van der Waals surface area contributed by atoms with E-state index in [2.05, 4.69) is 4.72 Å². The standard InChI is InChI=1S/C19H21F2N3O3S/c1-14(22-28(26,27)16-8-6-15(20)7-9-16)19(25)24-12-10-23(11-13-24)18-5-3-2-4-17(18)21/h2-9,14,22H,10-13H2,1H3/t14-/m1/s1. The van der Waals surface area contributed by atoms with Gasteiger partial charge in [-0.25, -0.2) is 17.2 Å². The molecule has 6 nitrogen and oxygen atoms in total. The number of carbonyl (C=O) groups is 1. The SMILES string of the molecule is C[C@@H](NS(=O)(=O)c1ccc(F)cc1)C(=O)N1CCN(c2ccccc2F)CC1. The molecule has 1 fully saturated rings. The fourth-order valence-corrected chi connectivity index (χ4v) is 4.31. The number of nitrogens with zero attached hydrogens (tertiary/aromatic N) is 2. The molecule has 28 heavy (non-hydrogen) atoms. The van der Waals surface area contributed by atoms with E-state index in [0.29, 0.717) is 31.9 Å². The number of para-hydroxylation sites is 1. The summed E-state index contributed by atoms with van der Waals surface area (Å²) in [7, 11) is -3.94. The fraction of sp³-hybridized carbons (Fsp3) is 0.316. The zero-order valence-corrected chi connectivity index (χ0v) is 16.1. The number of anilines is 1. The summed E-state index contributed by atoms with van der Waals surface area (Å²) in [4.78, 5) is 15.9. The van der Waals surface area contributed by atoms with Gasteiger partial charge in [0.25, 0.3) is 0 Å². The quantitative estimate of drug-likeness (QED) is 0.820. The van der Waals surface area contributed by atoms with Crippen LogP contribution in [0.5, 0.6) is 0 Å². The summed E-state index contributed by atoms with van der Waals surface area (Å²) in [6, 6.07) is 9.84. The number of carbonyl (C=O) groups excluding carboxylic acids is 1. The monoisotopic (exact) mass is 409 g/mol. The molecule has 0 saturated carbocycles. The van der Waals surface area contributed by atoms with Crippen molar-refractivity contribution in [3.63, 3.8) is 0 Å². The molecule has 1 saturated heterocycles. The molecule has 9 heteroatoms. The molecule has 1 heterocycles. The van der Waals surface area contributed by atoms with Crippen molar-refractivity contribution in [2.24, 2.45) is 0 Å². The second kappa shape index (κ2) is 8.24. The first-order valence-electron chi connectivity index (χ1n) is 8.84. The third-order valence-electron chi connectivity index (χ3n) is 4.61. The topological polar surface area (TPSA) is 69.7 Å². The number of piperazine rings is 1. The Balaban J connectivity index is 1.60. The molecule has 0 radical (unpaired) electrons. The van der Waals surface area contributed by atoms with Crippen molar-refractivity contribution >= 4 is 21.6 Å². The van der Waals surface area contributed by atoms with Gasteiger partial charge in [0.1, 0.15) is 11.6 Å². The average molecular weight is 409 g/mol. The normalized spacial score (nSPS) is 16.1. The summed E-state index contributed by atoms with van der Waals surface area (Å²) >= 11 is 0. The van der Waals surface area contributed by atoms with Gasteiger partial charge in [0.2, 0.25) is 15.9 Å². The summed E-state index contributed by atoms with van der Waals surface area (Å²) in [6.07, 6.45) is 0. The highest BCUT2D eigenvalue weighted by molar-refractivity contribution is 7.89. The first kappa shape index (κ1) is 20.2. The smallest absolute Gasteiger partial charge is 0.241 e. The molecule has 2 aromatic rings. The fourth-order valence-electron chi connectivity index (χ4n) is 3.11. The Bertz CT molecular complexity index is 943. The van der Waals surface area contributed by atoms with E-state index >= 15 is 0 Å². The highest BCUT2D eigenvalue weighted by Gasteiger charge is 2.28. The molecule has 150 valence electrons. The summed E-state index contributed by atoms with van der Waals surface area (Å²) in [5.74, 6) is -1.22. The van der Waals surface area contributed by atoms with Gasteiger partial charge in [0, 0.05) is 26.2 Å². The lowest BCUT2D eigenvalue weighted by Crippen LogP contribution is -2.54. The minimum absolute atomic E-state index is 0.113. The molecule has 0 unspecified atom stereocenters. The van der Waals surface area contributed by atoms with Crippen molar-refractivity contribution < 1.29 is 22.0 Å². The largest absolute Gasteiger partial charge is 0.366 e. The van der Waals surface area contributed by atoms with Crippen LogP contribution in [0, 0.1) is 11.6 Å². The van der Waals surface area contributed by atoms with Crippen LogP contribution < -0.4 is 9.62 Å². The van der Waals surface area contributed by atoms with Gasteiger partial charge >= 0.3 is 0 Å². The Hall–Kier alpha value is -2.52. The number of nitrogens with one attached hydrogen (secondary N) is 1. The van der Waals surface area contributed by atoms with Crippen molar-refractivity contribution in [3.05, 3.63) is 60.2 Å². The van der Waals surface area contributed by atoms with Crippen LogP contribution in [0.2, 0.25) is 0 Å². The van der Waals surface area contributed by atoms with Crippen LogP contribution in [0.15, 0.2) is 53.4 Å². The average Bonchev–Trinajstić information content (AvgIpc) is 2.68.